The fraction of sp³-hybridized carbons (Fsp3) is 0.286. The number of nitrogens with zero attached hydrogens (tertiary/aromatic N) is 5. The molecule has 4 aromatic rings. The Kier molecular flexibility index (Phi) is 4.70. The van der Waals surface area contributed by atoms with Gasteiger partial charge < -0.3 is 15.0 Å². The summed E-state index contributed by atoms with van der Waals surface area (Å²) >= 11 is 0. The van der Waals surface area contributed by atoms with Crippen molar-refractivity contribution in [2.45, 2.75) is 31.9 Å². The SMILES string of the molecule is Cc1ccnc2nc(N)n(Cc3nc([C@@H]4CO[C@@H](c5ccc(F)cc5)C4)no3)c(=O)c12. The molecule has 0 bridgehead atoms. The third-order valence-corrected chi connectivity index (χ3v) is 5.48. The van der Waals surface area contributed by atoms with Crippen LogP contribution >= 0.6 is 0 Å². The van der Waals surface area contributed by atoms with Gasteiger partial charge in [0.05, 0.1) is 18.1 Å². The molecule has 10 heteroatoms. The van der Waals surface area contributed by atoms with Crippen LogP contribution in [0.3, 0.4) is 0 Å². The molecule has 1 fully saturated rings. The summed E-state index contributed by atoms with van der Waals surface area (Å²) in [7, 11) is 0. The molecule has 9 nitrogen and oxygen atoms in total. The summed E-state index contributed by atoms with van der Waals surface area (Å²) in [5, 5.41) is 4.47. The maximum Gasteiger partial charge on any atom is 0.265 e. The van der Waals surface area contributed by atoms with E-state index in [1.807, 2.05) is 6.92 Å². The van der Waals surface area contributed by atoms with Gasteiger partial charge in [0.15, 0.2) is 11.5 Å². The second kappa shape index (κ2) is 7.55. The van der Waals surface area contributed by atoms with Crippen molar-refractivity contribution in [3.05, 3.63) is 75.5 Å². The van der Waals surface area contributed by atoms with E-state index in [4.69, 9.17) is 15.0 Å². The van der Waals surface area contributed by atoms with Gasteiger partial charge in [0, 0.05) is 12.1 Å². The van der Waals surface area contributed by atoms with Gasteiger partial charge in [-0.2, -0.15) is 9.97 Å². The highest BCUT2D eigenvalue weighted by Gasteiger charge is 2.31. The zero-order valence-electron chi connectivity index (χ0n) is 16.7. The molecule has 1 aliphatic rings. The van der Waals surface area contributed by atoms with Gasteiger partial charge in [0.1, 0.15) is 12.4 Å². The van der Waals surface area contributed by atoms with Gasteiger partial charge >= 0.3 is 0 Å². The smallest absolute Gasteiger partial charge is 0.265 e. The summed E-state index contributed by atoms with van der Waals surface area (Å²) in [5.41, 5.74) is 7.64. The molecule has 1 aromatic carbocycles. The van der Waals surface area contributed by atoms with Crippen LogP contribution in [0.2, 0.25) is 0 Å². The summed E-state index contributed by atoms with van der Waals surface area (Å²) < 4.78 is 25.6. The lowest BCUT2D eigenvalue weighted by atomic mass is 10.00. The van der Waals surface area contributed by atoms with E-state index in [1.165, 1.54) is 16.7 Å². The Labute approximate surface area is 175 Å². The first-order valence-corrected chi connectivity index (χ1v) is 9.81. The van der Waals surface area contributed by atoms with Crippen molar-refractivity contribution >= 4 is 17.0 Å². The Bertz CT molecular complexity index is 1320. The lowest BCUT2D eigenvalue weighted by Gasteiger charge is -2.09. The molecule has 2 atom stereocenters. The fourth-order valence-corrected chi connectivity index (χ4v) is 3.80. The quantitative estimate of drug-likeness (QED) is 0.532. The summed E-state index contributed by atoms with van der Waals surface area (Å²) in [4.78, 5) is 25.7. The highest BCUT2D eigenvalue weighted by molar-refractivity contribution is 5.78. The van der Waals surface area contributed by atoms with Crippen LogP contribution in [-0.4, -0.2) is 31.3 Å². The number of anilines is 1. The number of rotatable bonds is 4. The second-order valence-electron chi connectivity index (χ2n) is 7.54. The predicted octanol–water partition coefficient (Wildman–Crippen LogP) is 2.50. The maximum absolute atomic E-state index is 13.1. The molecule has 0 unspecified atom stereocenters. The number of hydrogen-bond donors (Lipinski definition) is 1. The van der Waals surface area contributed by atoms with Gasteiger partial charge in [-0.3, -0.25) is 9.36 Å². The standard InChI is InChI=1S/C21H19FN6O3/c1-11-6-7-24-19-17(11)20(29)28(21(23)26-19)9-16-25-18(27-31-16)13-8-15(30-10-13)12-2-4-14(22)5-3-12/h2-7,13,15H,8-10H2,1H3,(H2,23,24,26)/t13-,15+/m0/s1. The van der Waals surface area contributed by atoms with Crippen molar-refractivity contribution in [1.29, 1.82) is 0 Å². The molecule has 0 spiro atoms. The average molecular weight is 422 g/mol. The lowest BCUT2D eigenvalue weighted by Crippen LogP contribution is -2.26. The normalized spacial score (nSPS) is 18.6. The Morgan fingerprint density at radius 1 is 1.23 bits per heavy atom. The number of ether oxygens (including phenoxy) is 1. The number of hydrogen-bond acceptors (Lipinski definition) is 8. The monoisotopic (exact) mass is 422 g/mol. The van der Waals surface area contributed by atoms with E-state index in [2.05, 4.69) is 20.1 Å². The minimum absolute atomic E-state index is 0.00388. The number of pyridine rings is 1. The second-order valence-corrected chi connectivity index (χ2v) is 7.54. The van der Waals surface area contributed by atoms with Gasteiger partial charge in [-0.15, -0.1) is 0 Å². The molecular formula is C21H19FN6O3. The Hall–Kier alpha value is -3.66. The molecule has 0 aliphatic carbocycles. The molecule has 1 aliphatic heterocycles. The third kappa shape index (κ3) is 3.55. The van der Waals surface area contributed by atoms with Crippen LogP contribution in [0.1, 0.15) is 41.3 Å². The van der Waals surface area contributed by atoms with Crippen LogP contribution in [0, 0.1) is 12.7 Å². The van der Waals surface area contributed by atoms with Gasteiger partial charge in [0.25, 0.3) is 5.56 Å². The van der Waals surface area contributed by atoms with Gasteiger partial charge in [-0.05, 0) is 42.7 Å². The molecule has 3 aromatic heterocycles. The number of nitrogens with two attached hydrogens (primary N) is 1. The van der Waals surface area contributed by atoms with E-state index in [0.29, 0.717) is 29.9 Å². The average Bonchev–Trinajstić information content (AvgIpc) is 3.41. The zero-order valence-corrected chi connectivity index (χ0v) is 16.7. The van der Waals surface area contributed by atoms with Crippen molar-refractivity contribution < 1.29 is 13.7 Å². The number of aryl methyl sites for hydroxylation is 1. The van der Waals surface area contributed by atoms with Crippen LogP contribution in [0.4, 0.5) is 10.3 Å². The molecule has 4 heterocycles. The molecule has 1 saturated heterocycles. The number of fused-ring (bicyclic) bond motifs is 1. The first-order chi connectivity index (χ1) is 15.0. The number of aromatic nitrogens is 5. The Morgan fingerprint density at radius 2 is 2.03 bits per heavy atom. The largest absolute Gasteiger partial charge is 0.373 e. The maximum atomic E-state index is 13.1. The van der Waals surface area contributed by atoms with E-state index in [9.17, 15) is 9.18 Å². The van der Waals surface area contributed by atoms with E-state index >= 15 is 0 Å². The van der Waals surface area contributed by atoms with Crippen LogP contribution in [-0.2, 0) is 11.3 Å². The van der Waals surface area contributed by atoms with E-state index in [-0.39, 0.29) is 41.8 Å². The van der Waals surface area contributed by atoms with Gasteiger partial charge in [-0.1, -0.05) is 17.3 Å². The summed E-state index contributed by atoms with van der Waals surface area (Å²) in [6.45, 7) is 2.24. The first-order valence-electron chi connectivity index (χ1n) is 9.81. The molecule has 0 saturated carbocycles. The van der Waals surface area contributed by atoms with Gasteiger partial charge in [0.2, 0.25) is 11.8 Å². The van der Waals surface area contributed by atoms with Crippen molar-refractivity contribution in [3.8, 4) is 0 Å². The molecule has 2 N–H and O–H groups in total. The third-order valence-electron chi connectivity index (χ3n) is 5.48. The summed E-state index contributed by atoms with van der Waals surface area (Å²) in [6, 6.07) is 7.99. The van der Waals surface area contributed by atoms with E-state index in [0.717, 1.165) is 11.1 Å². The van der Waals surface area contributed by atoms with Crippen molar-refractivity contribution in [2.75, 3.05) is 12.3 Å². The van der Waals surface area contributed by atoms with E-state index < -0.39 is 0 Å². The van der Waals surface area contributed by atoms with Crippen LogP contribution in [0.25, 0.3) is 11.0 Å². The highest BCUT2D eigenvalue weighted by atomic mass is 19.1. The molecule has 31 heavy (non-hydrogen) atoms. The van der Waals surface area contributed by atoms with Crippen LogP contribution in [0.5, 0.6) is 0 Å². The highest BCUT2D eigenvalue weighted by Crippen LogP contribution is 2.37. The molecule has 158 valence electrons. The molecule has 5 rings (SSSR count). The first kappa shape index (κ1) is 19.3. The number of nitrogen functional groups attached to an aromatic ring is 1. The zero-order chi connectivity index (χ0) is 21.5. The van der Waals surface area contributed by atoms with Crippen molar-refractivity contribution in [2.24, 2.45) is 0 Å². The molecule has 0 amide bonds. The minimum atomic E-state index is -0.312. The fourth-order valence-electron chi connectivity index (χ4n) is 3.80. The topological polar surface area (TPSA) is 122 Å². The van der Waals surface area contributed by atoms with Crippen LogP contribution < -0.4 is 11.3 Å². The predicted molar refractivity (Wildman–Crippen MR) is 109 cm³/mol. The molecule has 0 radical (unpaired) electrons. The Balaban J connectivity index is 1.37. The number of halogens is 1. The minimum Gasteiger partial charge on any atom is -0.373 e. The lowest BCUT2D eigenvalue weighted by molar-refractivity contribution is 0.110. The Morgan fingerprint density at radius 3 is 2.84 bits per heavy atom. The summed E-state index contributed by atoms with van der Waals surface area (Å²) in [6.07, 6.45) is 2.07. The van der Waals surface area contributed by atoms with Crippen molar-refractivity contribution in [1.82, 2.24) is 24.7 Å². The van der Waals surface area contributed by atoms with E-state index in [1.54, 1.807) is 24.4 Å². The van der Waals surface area contributed by atoms with Gasteiger partial charge in [-0.25, -0.2) is 9.37 Å². The molecular weight excluding hydrogens is 403 g/mol. The van der Waals surface area contributed by atoms with Crippen molar-refractivity contribution in [3.63, 3.8) is 0 Å². The number of benzene rings is 1. The summed E-state index contributed by atoms with van der Waals surface area (Å²) in [5.74, 6) is 0.415. The van der Waals surface area contributed by atoms with Crippen LogP contribution in [0.15, 0.2) is 45.8 Å².